The smallest absolute Gasteiger partial charge is 0.313 e. The molecule has 1 atom stereocenters. The number of alkyl halides is 3. The molecule has 1 aromatic carbocycles. The number of hydrogen-bond donors (Lipinski definition) is 1. The average molecular weight is 338 g/mol. The Hall–Kier alpha value is -0.590. The van der Waals surface area contributed by atoms with Crippen LogP contribution in [0.4, 0.5) is 13.2 Å². The van der Waals surface area contributed by atoms with Crippen molar-refractivity contribution in [3.63, 3.8) is 0 Å². The molecule has 0 spiro atoms. The van der Waals surface area contributed by atoms with Gasteiger partial charge in [-0.05, 0) is 45.4 Å². The number of thiophene rings is 1. The Morgan fingerprint density at radius 1 is 1.39 bits per heavy atom. The van der Waals surface area contributed by atoms with Crippen molar-refractivity contribution in [1.29, 1.82) is 0 Å². The van der Waals surface area contributed by atoms with Crippen molar-refractivity contribution in [1.82, 2.24) is 5.32 Å². The molecule has 18 heavy (non-hydrogen) atoms. The van der Waals surface area contributed by atoms with Crippen molar-refractivity contribution in [2.75, 3.05) is 7.05 Å². The molecule has 0 aliphatic heterocycles. The van der Waals surface area contributed by atoms with Gasteiger partial charge >= 0.3 is 6.18 Å². The maximum absolute atomic E-state index is 12.5. The Labute approximate surface area is 115 Å². The standard InChI is InChI=1S/C12H11BrF3NS/c1-17-10(5-12(14,15)16)8-6-18-11-7(8)3-2-4-9(11)13/h2-4,6,10,17H,5H2,1H3. The molecule has 0 saturated carbocycles. The molecule has 2 rings (SSSR count). The number of hydrogen-bond acceptors (Lipinski definition) is 2. The Morgan fingerprint density at radius 3 is 2.72 bits per heavy atom. The molecule has 2 aromatic rings. The Bertz CT molecular complexity index is 550. The van der Waals surface area contributed by atoms with Crippen molar-refractivity contribution >= 4 is 37.4 Å². The molecular weight excluding hydrogens is 327 g/mol. The largest absolute Gasteiger partial charge is 0.390 e. The molecule has 1 heterocycles. The third kappa shape index (κ3) is 2.87. The van der Waals surface area contributed by atoms with Gasteiger partial charge in [0.1, 0.15) is 0 Å². The van der Waals surface area contributed by atoms with E-state index >= 15 is 0 Å². The van der Waals surface area contributed by atoms with Crippen LogP contribution in [0.2, 0.25) is 0 Å². The molecule has 0 saturated heterocycles. The molecule has 0 aliphatic carbocycles. The first-order valence-corrected chi connectivity index (χ1v) is 6.99. The first kappa shape index (κ1) is 13.8. The topological polar surface area (TPSA) is 12.0 Å². The van der Waals surface area contributed by atoms with E-state index in [-0.39, 0.29) is 0 Å². The van der Waals surface area contributed by atoms with Gasteiger partial charge in [0.15, 0.2) is 0 Å². The fourth-order valence-electron chi connectivity index (χ4n) is 1.91. The molecule has 98 valence electrons. The monoisotopic (exact) mass is 337 g/mol. The van der Waals surface area contributed by atoms with Crippen LogP contribution in [-0.2, 0) is 0 Å². The fourth-order valence-corrected chi connectivity index (χ4v) is 3.59. The second kappa shape index (κ2) is 5.19. The van der Waals surface area contributed by atoms with Gasteiger partial charge in [0, 0.05) is 15.2 Å². The summed E-state index contributed by atoms with van der Waals surface area (Å²) in [6, 6.07) is 4.88. The highest BCUT2D eigenvalue weighted by Crippen LogP contribution is 2.38. The van der Waals surface area contributed by atoms with E-state index in [0.717, 1.165) is 14.6 Å². The van der Waals surface area contributed by atoms with Gasteiger partial charge in [-0.25, -0.2) is 0 Å². The van der Waals surface area contributed by atoms with E-state index in [4.69, 9.17) is 0 Å². The second-order valence-corrected chi connectivity index (χ2v) is 5.70. The Balaban J connectivity index is 2.43. The average Bonchev–Trinajstić information content (AvgIpc) is 2.70. The normalized spacial score (nSPS) is 14.1. The predicted molar refractivity (Wildman–Crippen MR) is 72.0 cm³/mol. The lowest BCUT2D eigenvalue weighted by Gasteiger charge is -2.17. The van der Waals surface area contributed by atoms with Gasteiger partial charge in [0.2, 0.25) is 0 Å². The first-order valence-electron chi connectivity index (χ1n) is 5.32. The molecule has 1 N–H and O–H groups in total. The summed E-state index contributed by atoms with van der Waals surface area (Å²) in [4.78, 5) is 0. The van der Waals surface area contributed by atoms with E-state index < -0.39 is 18.6 Å². The van der Waals surface area contributed by atoms with Gasteiger partial charge in [-0.2, -0.15) is 13.2 Å². The van der Waals surface area contributed by atoms with Crippen LogP contribution < -0.4 is 5.32 Å². The third-order valence-corrected chi connectivity index (χ3v) is 4.71. The van der Waals surface area contributed by atoms with E-state index in [2.05, 4.69) is 21.2 Å². The quantitative estimate of drug-likeness (QED) is 0.841. The molecule has 0 amide bonds. The second-order valence-electron chi connectivity index (χ2n) is 3.97. The van der Waals surface area contributed by atoms with E-state index in [1.54, 1.807) is 12.4 Å². The highest BCUT2D eigenvalue weighted by molar-refractivity contribution is 9.10. The summed E-state index contributed by atoms with van der Waals surface area (Å²) in [6.07, 6.45) is -5.03. The van der Waals surface area contributed by atoms with Gasteiger partial charge in [-0.1, -0.05) is 12.1 Å². The maximum atomic E-state index is 12.5. The zero-order valence-corrected chi connectivity index (χ0v) is 11.9. The lowest BCUT2D eigenvalue weighted by atomic mass is 10.0. The van der Waals surface area contributed by atoms with E-state index in [9.17, 15) is 13.2 Å². The molecule has 0 fully saturated rings. The van der Waals surface area contributed by atoms with Crippen LogP contribution in [0.15, 0.2) is 28.1 Å². The number of nitrogens with one attached hydrogen (secondary N) is 1. The van der Waals surface area contributed by atoms with Gasteiger partial charge in [-0.15, -0.1) is 11.3 Å². The van der Waals surface area contributed by atoms with E-state index in [1.165, 1.54) is 11.3 Å². The predicted octanol–water partition coefficient (Wildman–Crippen LogP) is 4.88. The molecule has 1 unspecified atom stereocenters. The summed E-state index contributed by atoms with van der Waals surface area (Å²) in [6.45, 7) is 0. The number of fused-ring (bicyclic) bond motifs is 1. The lowest BCUT2D eigenvalue weighted by molar-refractivity contribution is -0.140. The third-order valence-electron chi connectivity index (χ3n) is 2.74. The summed E-state index contributed by atoms with van der Waals surface area (Å²) in [5.74, 6) is 0. The van der Waals surface area contributed by atoms with Crippen LogP contribution >= 0.6 is 27.3 Å². The van der Waals surface area contributed by atoms with Crippen molar-refractivity contribution in [3.05, 3.63) is 33.6 Å². The molecule has 6 heteroatoms. The van der Waals surface area contributed by atoms with Crippen LogP contribution in [0.1, 0.15) is 18.0 Å². The number of rotatable bonds is 3. The SMILES string of the molecule is CNC(CC(F)(F)F)c1csc2c(Br)cccc12. The Morgan fingerprint density at radius 2 is 2.11 bits per heavy atom. The number of halogens is 4. The molecule has 0 bridgehead atoms. The van der Waals surface area contributed by atoms with Crippen LogP contribution in [0, 0.1) is 0 Å². The van der Waals surface area contributed by atoms with Crippen LogP contribution in [0.25, 0.3) is 10.1 Å². The van der Waals surface area contributed by atoms with Crippen molar-refractivity contribution in [3.8, 4) is 0 Å². The lowest BCUT2D eigenvalue weighted by Crippen LogP contribution is -2.23. The minimum absolute atomic E-state index is 0.701. The summed E-state index contributed by atoms with van der Waals surface area (Å²) in [5, 5.41) is 5.41. The molecule has 1 aromatic heterocycles. The number of benzene rings is 1. The summed E-state index contributed by atoms with van der Waals surface area (Å²) in [7, 11) is 1.55. The van der Waals surface area contributed by atoms with Gasteiger partial charge in [-0.3, -0.25) is 0 Å². The first-order chi connectivity index (χ1) is 8.42. The van der Waals surface area contributed by atoms with Crippen molar-refractivity contribution in [2.24, 2.45) is 0 Å². The van der Waals surface area contributed by atoms with Crippen LogP contribution in [0.5, 0.6) is 0 Å². The summed E-state index contributed by atoms with van der Waals surface area (Å²) in [5.41, 5.74) is 0.705. The van der Waals surface area contributed by atoms with E-state index in [0.29, 0.717) is 5.56 Å². The molecular formula is C12H11BrF3NS. The fraction of sp³-hybridized carbons (Fsp3) is 0.333. The van der Waals surface area contributed by atoms with Gasteiger partial charge in [0.25, 0.3) is 0 Å². The van der Waals surface area contributed by atoms with E-state index in [1.807, 2.05) is 18.2 Å². The Kier molecular flexibility index (Phi) is 3.99. The highest BCUT2D eigenvalue weighted by atomic mass is 79.9. The zero-order chi connectivity index (χ0) is 13.3. The minimum Gasteiger partial charge on any atom is -0.313 e. The van der Waals surface area contributed by atoms with Gasteiger partial charge < -0.3 is 5.32 Å². The molecule has 1 nitrogen and oxygen atoms in total. The maximum Gasteiger partial charge on any atom is 0.390 e. The molecule has 0 radical (unpaired) electrons. The van der Waals surface area contributed by atoms with Crippen LogP contribution in [-0.4, -0.2) is 13.2 Å². The summed E-state index contributed by atoms with van der Waals surface area (Å²) >= 11 is 4.87. The van der Waals surface area contributed by atoms with Crippen molar-refractivity contribution < 1.29 is 13.2 Å². The summed E-state index contributed by atoms with van der Waals surface area (Å²) < 4.78 is 39.5. The molecule has 0 aliphatic rings. The highest BCUT2D eigenvalue weighted by Gasteiger charge is 2.32. The minimum atomic E-state index is -4.17. The zero-order valence-electron chi connectivity index (χ0n) is 9.51. The van der Waals surface area contributed by atoms with Crippen molar-refractivity contribution in [2.45, 2.75) is 18.6 Å². The van der Waals surface area contributed by atoms with Crippen LogP contribution in [0.3, 0.4) is 0 Å². The van der Waals surface area contributed by atoms with Gasteiger partial charge in [0.05, 0.1) is 6.42 Å².